The van der Waals surface area contributed by atoms with Crippen molar-refractivity contribution in [2.45, 2.75) is 6.61 Å². The molecular weight excluding hydrogens is 277 g/mol. The molecule has 94 valence electrons. The summed E-state index contributed by atoms with van der Waals surface area (Å²) >= 11 is 7.25. The topological polar surface area (TPSA) is 72.0 Å². The summed E-state index contributed by atoms with van der Waals surface area (Å²) in [5, 5.41) is 8.69. The van der Waals surface area contributed by atoms with Crippen LogP contribution in [-0.2, 0) is 6.61 Å². The number of aromatic nitrogens is 1. The lowest BCUT2D eigenvalue weighted by Gasteiger charge is -2.10. The summed E-state index contributed by atoms with van der Waals surface area (Å²) in [6, 6.07) is 1.40. The fourth-order valence-electron chi connectivity index (χ4n) is 1.35. The van der Waals surface area contributed by atoms with Crippen LogP contribution in [0, 0.1) is 11.2 Å². The first-order valence-corrected chi connectivity index (χ1v) is 6.23. The summed E-state index contributed by atoms with van der Waals surface area (Å²) in [5.74, 6) is -0.606. The molecule has 0 amide bonds. The van der Waals surface area contributed by atoms with Gasteiger partial charge in [0.05, 0.1) is 16.8 Å². The largest absolute Gasteiger partial charge is 0.486 e. The molecule has 0 aliphatic rings. The molecule has 1 heterocycles. The molecule has 4 nitrogen and oxygen atoms in total. The zero-order valence-electron chi connectivity index (χ0n) is 9.11. The molecule has 0 aliphatic heterocycles. The van der Waals surface area contributed by atoms with E-state index in [-0.39, 0.29) is 28.6 Å². The SMILES string of the molecule is N=Cc1c(N)cc(OCc2cscn2)c(Cl)c1F. The lowest BCUT2D eigenvalue weighted by Crippen LogP contribution is -2.02. The smallest absolute Gasteiger partial charge is 0.156 e. The van der Waals surface area contributed by atoms with Gasteiger partial charge in [0.25, 0.3) is 0 Å². The van der Waals surface area contributed by atoms with E-state index >= 15 is 0 Å². The van der Waals surface area contributed by atoms with Crippen LogP contribution in [0.5, 0.6) is 5.75 Å². The van der Waals surface area contributed by atoms with Gasteiger partial charge in [-0.1, -0.05) is 11.6 Å². The maximum Gasteiger partial charge on any atom is 0.156 e. The van der Waals surface area contributed by atoms with Crippen molar-refractivity contribution in [2.75, 3.05) is 5.73 Å². The molecule has 0 saturated carbocycles. The number of rotatable bonds is 4. The average Bonchev–Trinajstić information content (AvgIpc) is 2.86. The Morgan fingerprint density at radius 3 is 3.00 bits per heavy atom. The van der Waals surface area contributed by atoms with Crippen LogP contribution >= 0.6 is 22.9 Å². The highest BCUT2D eigenvalue weighted by atomic mass is 35.5. The highest BCUT2D eigenvalue weighted by Gasteiger charge is 2.15. The Hall–Kier alpha value is -1.66. The number of hydrogen-bond donors (Lipinski definition) is 2. The maximum atomic E-state index is 13.7. The minimum atomic E-state index is -0.750. The second kappa shape index (κ2) is 5.32. The third-order valence-electron chi connectivity index (χ3n) is 2.25. The van der Waals surface area contributed by atoms with Gasteiger partial charge in [0.2, 0.25) is 0 Å². The fraction of sp³-hybridized carbons (Fsp3) is 0.0909. The molecule has 7 heteroatoms. The Morgan fingerprint density at radius 2 is 2.39 bits per heavy atom. The average molecular weight is 286 g/mol. The van der Waals surface area contributed by atoms with Gasteiger partial charge in [0.1, 0.15) is 17.4 Å². The van der Waals surface area contributed by atoms with E-state index in [2.05, 4.69) is 4.98 Å². The molecule has 0 fully saturated rings. The molecular formula is C11H9ClFN3OS. The molecule has 0 atom stereocenters. The van der Waals surface area contributed by atoms with E-state index in [0.717, 1.165) is 11.9 Å². The van der Waals surface area contributed by atoms with Gasteiger partial charge in [-0.25, -0.2) is 9.37 Å². The van der Waals surface area contributed by atoms with Crippen LogP contribution in [0.15, 0.2) is 17.0 Å². The van der Waals surface area contributed by atoms with Crippen LogP contribution in [0.25, 0.3) is 0 Å². The standard InChI is InChI=1S/C11H9ClFN3OS/c12-10-9(17-3-6-4-18-5-16-6)1-8(15)7(2-14)11(10)13/h1-2,4-5,14H,3,15H2. The van der Waals surface area contributed by atoms with Gasteiger partial charge in [-0.05, 0) is 0 Å². The summed E-state index contributed by atoms with van der Waals surface area (Å²) in [5.41, 5.74) is 8.08. The normalized spacial score (nSPS) is 10.3. The second-order valence-corrected chi connectivity index (χ2v) is 4.52. The fourth-order valence-corrected chi connectivity index (χ4v) is 2.10. The Morgan fingerprint density at radius 1 is 1.61 bits per heavy atom. The lowest BCUT2D eigenvalue weighted by molar-refractivity contribution is 0.301. The Kier molecular flexibility index (Phi) is 3.78. The van der Waals surface area contributed by atoms with Crippen LogP contribution < -0.4 is 10.5 Å². The Bertz CT molecular complexity index is 574. The van der Waals surface area contributed by atoms with Gasteiger partial charge in [-0.2, -0.15) is 0 Å². The summed E-state index contributed by atoms with van der Waals surface area (Å²) in [6.45, 7) is 0.187. The summed E-state index contributed by atoms with van der Waals surface area (Å²) in [4.78, 5) is 4.03. The summed E-state index contributed by atoms with van der Waals surface area (Å²) in [7, 11) is 0. The van der Waals surface area contributed by atoms with Crippen molar-refractivity contribution in [3.63, 3.8) is 0 Å². The van der Waals surface area contributed by atoms with E-state index in [1.807, 2.05) is 5.38 Å². The zero-order chi connectivity index (χ0) is 13.1. The van der Waals surface area contributed by atoms with Gasteiger partial charge in [0, 0.05) is 23.3 Å². The van der Waals surface area contributed by atoms with Gasteiger partial charge >= 0.3 is 0 Å². The monoisotopic (exact) mass is 285 g/mol. The first-order valence-electron chi connectivity index (χ1n) is 4.91. The van der Waals surface area contributed by atoms with Crippen molar-refractivity contribution in [2.24, 2.45) is 0 Å². The van der Waals surface area contributed by atoms with E-state index in [0.29, 0.717) is 0 Å². The second-order valence-electron chi connectivity index (χ2n) is 3.42. The van der Waals surface area contributed by atoms with Crippen LogP contribution in [0.2, 0.25) is 5.02 Å². The molecule has 2 rings (SSSR count). The highest BCUT2D eigenvalue weighted by Crippen LogP contribution is 2.33. The van der Waals surface area contributed by atoms with Crippen molar-refractivity contribution in [3.05, 3.63) is 39.1 Å². The summed E-state index contributed by atoms with van der Waals surface area (Å²) < 4.78 is 19.1. The van der Waals surface area contributed by atoms with Gasteiger partial charge in [-0.15, -0.1) is 11.3 Å². The number of anilines is 1. The first kappa shape index (κ1) is 12.8. The van der Waals surface area contributed by atoms with Gasteiger partial charge in [0.15, 0.2) is 5.82 Å². The molecule has 0 bridgehead atoms. The number of benzene rings is 1. The molecule has 0 saturated heterocycles. The quantitative estimate of drug-likeness (QED) is 0.670. The van der Waals surface area contributed by atoms with Crippen molar-refractivity contribution in [3.8, 4) is 5.75 Å². The zero-order valence-corrected chi connectivity index (χ0v) is 10.7. The number of nitrogen functional groups attached to an aromatic ring is 1. The van der Waals surface area contributed by atoms with Crippen LogP contribution in [-0.4, -0.2) is 11.2 Å². The predicted molar refractivity (Wildman–Crippen MR) is 70.2 cm³/mol. The predicted octanol–water partition coefficient (Wildman–Crippen LogP) is 3.09. The Labute approximate surface area is 112 Å². The van der Waals surface area contributed by atoms with E-state index in [1.165, 1.54) is 17.4 Å². The number of nitrogens with zero attached hydrogens (tertiary/aromatic N) is 1. The van der Waals surface area contributed by atoms with Crippen molar-refractivity contribution in [1.29, 1.82) is 5.41 Å². The number of nitrogens with two attached hydrogens (primary N) is 1. The van der Waals surface area contributed by atoms with Crippen LogP contribution in [0.3, 0.4) is 0 Å². The molecule has 0 radical (unpaired) electrons. The van der Waals surface area contributed by atoms with E-state index in [9.17, 15) is 4.39 Å². The van der Waals surface area contributed by atoms with Crippen molar-refractivity contribution in [1.82, 2.24) is 4.98 Å². The van der Waals surface area contributed by atoms with E-state index < -0.39 is 5.82 Å². The van der Waals surface area contributed by atoms with Crippen LogP contribution in [0.1, 0.15) is 11.3 Å². The summed E-state index contributed by atoms with van der Waals surface area (Å²) in [6.07, 6.45) is 0.820. The Balaban J connectivity index is 2.26. The van der Waals surface area contributed by atoms with E-state index in [4.69, 9.17) is 27.5 Å². The molecule has 1 aromatic heterocycles. The minimum absolute atomic E-state index is 0.0407. The first-order chi connectivity index (χ1) is 8.63. The molecule has 0 unspecified atom stereocenters. The van der Waals surface area contributed by atoms with Crippen molar-refractivity contribution < 1.29 is 9.13 Å². The molecule has 0 aliphatic carbocycles. The molecule has 2 aromatic rings. The number of halogens is 2. The lowest BCUT2D eigenvalue weighted by atomic mass is 10.1. The number of nitrogens with one attached hydrogen (secondary N) is 1. The van der Waals surface area contributed by atoms with Gasteiger partial charge in [-0.3, -0.25) is 0 Å². The maximum absolute atomic E-state index is 13.7. The minimum Gasteiger partial charge on any atom is -0.486 e. The van der Waals surface area contributed by atoms with Crippen molar-refractivity contribution >= 4 is 34.8 Å². The van der Waals surface area contributed by atoms with Gasteiger partial charge < -0.3 is 15.9 Å². The van der Waals surface area contributed by atoms with E-state index in [1.54, 1.807) is 5.51 Å². The molecule has 1 aromatic carbocycles. The number of ether oxygens (including phenoxy) is 1. The molecule has 3 N–H and O–H groups in total. The number of thiazole rings is 1. The molecule has 18 heavy (non-hydrogen) atoms. The highest BCUT2D eigenvalue weighted by molar-refractivity contribution is 7.07. The van der Waals surface area contributed by atoms with Crippen LogP contribution in [0.4, 0.5) is 10.1 Å². The number of hydrogen-bond acceptors (Lipinski definition) is 5. The third kappa shape index (κ3) is 2.44. The third-order valence-corrected chi connectivity index (χ3v) is 3.23. The molecule has 0 spiro atoms.